The SMILES string of the molecule is C[C@H](O)C(=O)Nc1ccc2c(c1)[C@]1(O[C@@H](CC(=O)N3Cc4ccccc4C[C@H]3CO)[C@H]([Si](C)(C)F)[C@H]1C)C(=O)N2C. The number of carbonyl (C=O) groups is 3. The van der Waals surface area contributed by atoms with Gasteiger partial charge < -0.3 is 34.2 Å². The van der Waals surface area contributed by atoms with Gasteiger partial charge in [0, 0.05) is 36.3 Å². The quantitative estimate of drug-likeness (QED) is 0.355. The molecule has 0 aliphatic carbocycles. The first-order valence-corrected chi connectivity index (χ1v) is 17.0. The maximum absolute atomic E-state index is 16.1. The van der Waals surface area contributed by atoms with Crippen molar-refractivity contribution >= 4 is 37.5 Å². The van der Waals surface area contributed by atoms with Crippen LogP contribution in [0.3, 0.4) is 0 Å². The van der Waals surface area contributed by atoms with E-state index in [1.807, 2.05) is 24.3 Å². The fourth-order valence-electron chi connectivity index (χ4n) is 7.01. The molecule has 1 saturated heterocycles. The Labute approximate surface area is 240 Å². The first-order valence-electron chi connectivity index (χ1n) is 14.0. The highest BCUT2D eigenvalue weighted by atomic mass is 28.4. The lowest BCUT2D eigenvalue weighted by atomic mass is 9.82. The van der Waals surface area contributed by atoms with Crippen LogP contribution in [0.1, 0.15) is 37.0 Å². The fourth-order valence-corrected chi connectivity index (χ4v) is 9.50. The maximum atomic E-state index is 16.1. The number of hydrogen-bond acceptors (Lipinski definition) is 6. The van der Waals surface area contributed by atoms with E-state index in [0.717, 1.165) is 11.1 Å². The Bertz CT molecular complexity index is 1380. The number of halogens is 1. The second kappa shape index (κ2) is 10.6. The number of carbonyl (C=O) groups excluding carboxylic acids is 3. The standard InChI is InChI=1S/C30H38FN3O6Si/c1-17-27(41(4,5)31)25(14-26(37)34-15-20-9-7-6-8-19(20)12-22(34)16-35)40-30(17)23-13-21(32-28(38)18(2)36)10-11-24(23)33(3)29(30)39/h6-11,13,17-18,22,25,27,35-36H,12,14-16H2,1-5H3,(H,32,38)/t17-,18+,22+,25+,27-,30+/m1/s1. The molecule has 3 N–H and O–H groups in total. The summed E-state index contributed by atoms with van der Waals surface area (Å²) in [4.78, 5) is 43.0. The Hall–Kier alpha value is -3.12. The molecule has 1 spiro atoms. The van der Waals surface area contributed by atoms with E-state index in [-0.39, 0.29) is 24.8 Å². The predicted molar refractivity (Wildman–Crippen MR) is 154 cm³/mol. The van der Waals surface area contributed by atoms with Crippen molar-refractivity contribution in [3.05, 3.63) is 59.2 Å². The van der Waals surface area contributed by atoms with Gasteiger partial charge in [-0.15, -0.1) is 0 Å². The molecule has 0 saturated carbocycles. The van der Waals surface area contributed by atoms with Crippen LogP contribution >= 0.6 is 0 Å². The van der Waals surface area contributed by atoms with Gasteiger partial charge in [0.2, 0.25) is 14.3 Å². The normalized spacial score (nSPS) is 28.0. The van der Waals surface area contributed by atoms with Crippen LogP contribution in [-0.2, 0) is 37.7 Å². The molecular weight excluding hydrogens is 545 g/mol. The van der Waals surface area contributed by atoms with Gasteiger partial charge in [0.25, 0.3) is 11.8 Å². The average molecular weight is 584 g/mol. The third-order valence-electron chi connectivity index (χ3n) is 9.00. The molecule has 0 unspecified atom stereocenters. The van der Waals surface area contributed by atoms with E-state index in [1.165, 1.54) is 11.8 Å². The molecule has 3 aliphatic rings. The van der Waals surface area contributed by atoms with Gasteiger partial charge in [-0.1, -0.05) is 31.2 Å². The number of aliphatic hydroxyl groups excluding tert-OH is 2. The highest BCUT2D eigenvalue weighted by Gasteiger charge is 2.66. The zero-order chi connectivity index (χ0) is 29.9. The molecule has 3 amide bonds. The van der Waals surface area contributed by atoms with Gasteiger partial charge in [-0.05, 0) is 55.8 Å². The lowest BCUT2D eigenvalue weighted by Gasteiger charge is -2.37. The molecule has 3 aliphatic heterocycles. The van der Waals surface area contributed by atoms with Gasteiger partial charge in [-0.3, -0.25) is 14.4 Å². The summed E-state index contributed by atoms with van der Waals surface area (Å²) in [5.41, 5.74) is 1.34. The molecule has 3 heterocycles. The average Bonchev–Trinajstić information content (AvgIpc) is 3.33. The molecule has 2 aromatic rings. The van der Waals surface area contributed by atoms with Gasteiger partial charge in [-0.25, -0.2) is 0 Å². The summed E-state index contributed by atoms with van der Waals surface area (Å²) in [5.74, 6) is -1.80. The number of amides is 3. The molecule has 0 aromatic heterocycles. The van der Waals surface area contributed by atoms with Crippen molar-refractivity contribution in [3.8, 4) is 0 Å². The number of nitrogens with zero attached hydrogens (tertiary/aromatic N) is 2. The highest BCUT2D eigenvalue weighted by Crippen LogP contribution is 2.60. The number of rotatable bonds is 6. The van der Waals surface area contributed by atoms with Crippen LogP contribution < -0.4 is 10.2 Å². The minimum absolute atomic E-state index is 0.124. The largest absolute Gasteiger partial charge is 0.394 e. The van der Waals surface area contributed by atoms with E-state index in [1.54, 1.807) is 50.2 Å². The Morgan fingerprint density at radius 1 is 1.22 bits per heavy atom. The van der Waals surface area contributed by atoms with Crippen molar-refractivity contribution in [2.45, 2.75) is 75.7 Å². The van der Waals surface area contributed by atoms with E-state index in [4.69, 9.17) is 4.74 Å². The third-order valence-corrected chi connectivity index (χ3v) is 11.5. The van der Waals surface area contributed by atoms with Crippen molar-refractivity contribution in [2.75, 3.05) is 23.9 Å². The summed E-state index contributed by atoms with van der Waals surface area (Å²) < 4.78 is 22.7. The van der Waals surface area contributed by atoms with E-state index in [0.29, 0.717) is 29.9 Å². The van der Waals surface area contributed by atoms with Crippen LogP contribution in [0.25, 0.3) is 0 Å². The monoisotopic (exact) mass is 583 g/mol. The number of ether oxygens (including phenoxy) is 1. The Morgan fingerprint density at radius 2 is 1.90 bits per heavy atom. The molecule has 5 rings (SSSR count). The molecule has 2 aromatic carbocycles. The molecular formula is C30H38FN3O6Si. The number of aliphatic hydroxyl groups is 2. The topological polar surface area (TPSA) is 119 Å². The molecule has 220 valence electrons. The molecule has 0 radical (unpaired) electrons. The van der Waals surface area contributed by atoms with Crippen molar-refractivity contribution in [3.63, 3.8) is 0 Å². The number of anilines is 2. The maximum Gasteiger partial charge on any atom is 0.264 e. The van der Waals surface area contributed by atoms with E-state index >= 15 is 4.11 Å². The molecule has 1 fully saturated rings. The van der Waals surface area contributed by atoms with Crippen molar-refractivity contribution in [1.29, 1.82) is 0 Å². The second-order valence-corrected chi connectivity index (χ2v) is 15.9. The Balaban J connectivity index is 1.50. The predicted octanol–water partition coefficient (Wildman–Crippen LogP) is 3.09. The van der Waals surface area contributed by atoms with Gasteiger partial charge in [-0.2, -0.15) is 0 Å². The summed E-state index contributed by atoms with van der Waals surface area (Å²) in [6, 6.07) is 12.4. The molecule has 6 atom stereocenters. The van der Waals surface area contributed by atoms with Crippen LogP contribution in [-0.4, -0.2) is 73.1 Å². The van der Waals surface area contributed by atoms with Crippen molar-refractivity contribution in [1.82, 2.24) is 4.90 Å². The fraction of sp³-hybridized carbons (Fsp3) is 0.500. The first kappa shape index (κ1) is 29.4. The van der Waals surface area contributed by atoms with Crippen LogP contribution in [0.5, 0.6) is 0 Å². The van der Waals surface area contributed by atoms with Gasteiger partial charge >= 0.3 is 0 Å². The van der Waals surface area contributed by atoms with E-state index in [9.17, 15) is 24.6 Å². The molecule has 9 nitrogen and oxygen atoms in total. The minimum atomic E-state index is -3.49. The highest BCUT2D eigenvalue weighted by molar-refractivity contribution is 6.72. The summed E-state index contributed by atoms with van der Waals surface area (Å²) in [6.07, 6.45) is -1.69. The van der Waals surface area contributed by atoms with E-state index < -0.39 is 49.6 Å². The van der Waals surface area contributed by atoms with Crippen LogP contribution in [0.4, 0.5) is 15.5 Å². The minimum Gasteiger partial charge on any atom is -0.394 e. The van der Waals surface area contributed by atoms with Crippen molar-refractivity contribution < 1.29 is 33.4 Å². The molecule has 41 heavy (non-hydrogen) atoms. The number of fused-ring (bicyclic) bond motifs is 3. The molecule has 11 heteroatoms. The number of hydrogen-bond donors (Lipinski definition) is 3. The first-order chi connectivity index (χ1) is 19.3. The summed E-state index contributed by atoms with van der Waals surface area (Å²) >= 11 is 0. The van der Waals surface area contributed by atoms with Crippen molar-refractivity contribution in [2.24, 2.45) is 5.92 Å². The summed E-state index contributed by atoms with van der Waals surface area (Å²) in [6.45, 7) is 6.45. The number of benzene rings is 2. The van der Waals surface area contributed by atoms with Crippen LogP contribution in [0, 0.1) is 5.92 Å². The summed E-state index contributed by atoms with van der Waals surface area (Å²) in [7, 11) is -1.86. The molecule has 0 bridgehead atoms. The van der Waals surface area contributed by atoms with Crippen LogP contribution in [0.2, 0.25) is 18.6 Å². The van der Waals surface area contributed by atoms with E-state index in [2.05, 4.69) is 5.32 Å². The van der Waals surface area contributed by atoms with Gasteiger partial charge in [0.1, 0.15) is 6.10 Å². The second-order valence-electron chi connectivity index (χ2n) is 12.1. The Morgan fingerprint density at radius 3 is 2.54 bits per heavy atom. The lowest BCUT2D eigenvalue weighted by molar-refractivity contribution is -0.150. The van der Waals surface area contributed by atoms with Gasteiger partial charge in [0.15, 0.2) is 5.60 Å². The van der Waals surface area contributed by atoms with Crippen LogP contribution in [0.15, 0.2) is 42.5 Å². The third kappa shape index (κ3) is 4.88. The Kier molecular flexibility index (Phi) is 7.60. The number of nitrogens with one attached hydrogen (secondary N) is 1. The zero-order valence-electron chi connectivity index (χ0n) is 24.1. The zero-order valence-corrected chi connectivity index (χ0v) is 25.1. The number of likely N-dealkylation sites (N-methyl/N-ethyl adjacent to an activating group) is 1. The summed E-state index contributed by atoms with van der Waals surface area (Å²) in [5, 5.41) is 22.4. The van der Waals surface area contributed by atoms with Gasteiger partial charge in [0.05, 0.1) is 30.9 Å². The lowest BCUT2D eigenvalue weighted by Crippen LogP contribution is -2.48. The smallest absolute Gasteiger partial charge is 0.264 e.